The summed E-state index contributed by atoms with van der Waals surface area (Å²) >= 11 is 25.1. The molecular formula is C37H46Cl4N4O3. The Kier molecular flexibility index (Phi) is 15.1. The third-order valence-corrected chi connectivity index (χ3v) is 9.77. The third-order valence-electron chi connectivity index (χ3n) is 8.66. The van der Waals surface area contributed by atoms with Crippen molar-refractivity contribution in [1.82, 2.24) is 5.43 Å². The average molecular weight is 737 g/mol. The number of hydrogen-bond donors (Lipinski definition) is 1. The summed E-state index contributed by atoms with van der Waals surface area (Å²) in [5.74, 6) is -0.261. The Morgan fingerprint density at radius 3 is 2.04 bits per heavy atom. The quantitative estimate of drug-likeness (QED) is 0.0938. The van der Waals surface area contributed by atoms with Gasteiger partial charge in [0.15, 0.2) is 0 Å². The first-order valence-electron chi connectivity index (χ1n) is 17.2. The number of unbranched alkanes of at least 4 members (excludes halogenated alkanes) is 11. The molecule has 1 atom stereocenters. The second kappa shape index (κ2) is 19.0. The maximum atomic E-state index is 13.3. The number of carbonyl (C=O) groups excluding carboxylic acids is 3. The van der Waals surface area contributed by atoms with E-state index in [4.69, 9.17) is 46.4 Å². The lowest BCUT2D eigenvalue weighted by Gasteiger charge is -2.19. The van der Waals surface area contributed by atoms with E-state index in [1.54, 1.807) is 18.2 Å². The standard InChI is InChI=1S/C37H46Cl4N4O3/c1-25(2)16-14-12-10-8-6-4-3-5-7-9-11-13-15-17-26-20-34(46)44(37(26)48)28-18-19-29(39)32(23-28)42-33-24-35(47)45(43-33)36-30(40)21-27(38)22-31(36)41/h15,17-19,21-23,25-26H,3-14,16,20,24H2,1-2H3,(H,42,43). The molecule has 0 spiro atoms. The summed E-state index contributed by atoms with van der Waals surface area (Å²) < 4.78 is 0. The van der Waals surface area contributed by atoms with E-state index in [0.717, 1.165) is 18.8 Å². The molecule has 2 heterocycles. The van der Waals surface area contributed by atoms with Gasteiger partial charge < -0.3 is 0 Å². The van der Waals surface area contributed by atoms with Crippen molar-refractivity contribution in [1.29, 1.82) is 0 Å². The number of hydrazine groups is 1. The molecule has 0 aliphatic carbocycles. The highest BCUT2D eigenvalue weighted by molar-refractivity contribution is 6.42. The molecule has 2 fully saturated rings. The Bertz CT molecular complexity index is 1490. The number of amides is 3. The first-order valence-corrected chi connectivity index (χ1v) is 18.7. The lowest BCUT2D eigenvalue weighted by atomic mass is 10.0. The summed E-state index contributed by atoms with van der Waals surface area (Å²) in [5, 5.41) is 2.24. The first-order chi connectivity index (χ1) is 23.0. The predicted molar refractivity (Wildman–Crippen MR) is 200 cm³/mol. The Hall–Kier alpha value is -2.58. The van der Waals surface area contributed by atoms with E-state index in [9.17, 15) is 14.4 Å². The lowest BCUT2D eigenvalue weighted by Crippen LogP contribution is -2.36. The number of nitrogens with one attached hydrogen (secondary N) is 1. The number of rotatable bonds is 18. The molecule has 48 heavy (non-hydrogen) atoms. The third kappa shape index (κ3) is 11.0. The van der Waals surface area contributed by atoms with E-state index in [2.05, 4.69) is 24.3 Å². The van der Waals surface area contributed by atoms with Crippen LogP contribution in [0, 0.1) is 11.8 Å². The fourth-order valence-corrected chi connectivity index (χ4v) is 7.21. The van der Waals surface area contributed by atoms with Gasteiger partial charge in [-0.15, -0.1) is 0 Å². The maximum absolute atomic E-state index is 13.3. The predicted octanol–water partition coefficient (Wildman–Crippen LogP) is 11.4. The van der Waals surface area contributed by atoms with E-state index >= 15 is 0 Å². The summed E-state index contributed by atoms with van der Waals surface area (Å²) in [4.78, 5) is 44.7. The number of hydrogen-bond acceptors (Lipinski definition) is 4. The fraction of sp³-hybridized carbons (Fsp3) is 0.514. The number of halogens is 4. The Morgan fingerprint density at radius 2 is 1.42 bits per heavy atom. The molecule has 3 amide bonds. The number of aliphatic imine (C=N–C) groups is 1. The van der Waals surface area contributed by atoms with Crippen LogP contribution in [0.4, 0.5) is 17.1 Å². The topological polar surface area (TPSA) is 82.1 Å². The molecule has 11 heteroatoms. The van der Waals surface area contributed by atoms with Gasteiger partial charge in [0.2, 0.25) is 11.8 Å². The molecule has 1 unspecified atom stereocenters. The molecule has 1 N–H and O–H groups in total. The van der Waals surface area contributed by atoms with Crippen molar-refractivity contribution >= 4 is 87.0 Å². The van der Waals surface area contributed by atoms with Crippen molar-refractivity contribution in [2.45, 2.75) is 110 Å². The smallest absolute Gasteiger partial charge is 0.253 e. The number of anilines is 2. The summed E-state index contributed by atoms with van der Waals surface area (Å²) in [5.41, 5.74) is 3.85. The monoisotopic (exact) mass is 734 g/mol. The van der Waals surface area contributed by atoms with E-state index in [-0.39, 0.29) is 46.3 Å². The zero-order valence-corrected chi connectivity index (χ0v) is 30.9. The summed E-state index contributed by atoms with van der Waals surface area (Å²) in [6, 6.07) is 7.75. The molecule has 260 valence electrons. The van der Waals surface area contributed by atoms with Crippen LogP contribution in [0.5, 0.6) is 0 Å². The highest BCUT2D eigenvalue weighted by atomic mass is 35.5. The van der Waals surface area contributed by atoms with Gasteiger partial charge in [0.1, 0.15) is 11.5 Å². The number of allylic oxidation sites excluding steroid dienone is 1. The zero-order valence-electron chi connectivity index (χ0n) is 27.9. The van der Waals surface area contributed by atoms with Crippen molar-refractivity contribution in [3.63, 3.8) is 0 Å². The second-order valence-electron chi connectivity index (χ2n) is 13.1. The molecule has 0 aromatic heterocycles. The lowest BCUT2D eigenvalue weighted by molar-refractivity contribution is -0.122. The van der Waals surface area contributed by atoms with Gasteiger partial charge in [-0.1, -0.05) is 143 Å². The average Bonchev–Trinajstić information content (AvgIpc) is 3.52. The van der Waals surface area contributed by atoms with Gasteiger partial charge in [0.25, 0.3) is 5.91 Å². The van der Waals surface area contributed by atoms with Crippen LogP contribution in [0.3, 0.4) is 0 Å². The van der Waals surface area contributed by atoms with Crippen LogP contribution >= 0.6 is 46.4 Å². The highest BCUT2D eigenvalue weighted by Gasteiger charge is 2.38. The van der Waals surface area contributed by atoms with Gasteiger partial charge in [-0.25, -0.2) is 14.9 Å². The largest absolute Gasteiger partial charge is 0.277 e. The highest BCUT2D eigenvalue weighted by Crippen LogP contribution is 2.38. The van der Waals surface area contributed by atoms with Gasteiger partial charge in [0, 0.05) is 11.4 Å². The van der Waals surface area contributed by atoms with E-state index in [0.29, 0.717) is 27.3 Å². The summed E-state index contributed by atoms with van der Waals surface area (Å²) in [6.45, 7) is 4.60. The molecule has 2 aromatic rings. The molecule has 2 saturated heterocycles. The minimum absolute atomic E-state index is 0.0664. The number of imide groups is 1. The molecule has 2 aliphatic rings. The van der Waals surface area contributed by atoms with E-state index in [1.165, 1.54) is 92.7 Å². The molecule has 0 bridgehead atoms. The normalized spacial score (nSPS) is 17.6. The van der Waals surface area contributed by atoms with Crippen LogP contribution in [0.1, 0.15) is 110 Å². The Labute approximate surface area is 305 Å². The van der Waals surface area contributed by atoms with Crippen molar-refractivity contribution in [3.8, 4) is 0 Å². The van der Waals surface area contributed by atoms with Gasteiger partial charge >= 0.3 is 0 Å². The summed E-state index contributed by atoms with van der Waals surface area (Å²) in [7, 11) is 0. The number of carbonyl (C=O) groups is 3. The maximum Gasteiger partial charge on any atom is 0.253 e. The zero-order chi connectivity index (χ0) is 34.6. The SMILES string of the molecule is CC(C)CCCCCCCCCCCCCC=CC1CC(=O)N(c2ccc(Cl)c(N=C3CC(=O)N(c4c(Cl)cc(Cl)cc4Cl)N3)c2)C1=O. The molecule has 7 nitrogen and oxygen atoms in total. The Balaban J connectivity index is 1.22. The van der Waals surface area contributed by atoms with E-state index < -0.39 is 5.92 Å². The Morgan fingerprint density at radius 1 is 0.812 bits per heavy atom. The molecule has 2 aliphatic heterocycles. The molecule has 0 saturated carbocycles. The molecule has 2 aromatic carbocycles. The van der Waals surface area contributed by atoms with Gasteiger partial charge in [-0.2, -0.15) is 0 Å². The van der Waals surface area contributed by atoms with Gasteiger partial charge in [-0.3, -0.25) is 19.8 Å². The van der Waals surface area contributed by atoms with Crippen molar-refractivity contribution in [2.24, 2.45) is 16.8 Å². The molecular weight excluding hydrogens is 690 g/mol. The van der Waals surface area contributed by atoms with Crippen molar-refractivity contribution in [3.05, 3.63) is 62.6 Å². The second-order valence-corrected chi connectivity index (χ2v) is 14.8. The van der Waals surface area contributed by atoms with Crippen molar-refractivity contribution < 1.29 is 14.4 Å². The number of nitrogens with zero attached hydrogens (tertiary/aromatic N) is 3. The minimum atomic E-state index is -0.495. The molecule has 0 radical (unpaired) electrons. The van der Waals surface area contributed by atoms with Gasteiger partial charge in [-0.05, 0) is 49.1 Å². The number of amidine groups is 1. The van der Waals surface area contributed by atoms with Crippen LogP contribution in [-0.4, -0.2) is 23.6 Å². The molecule has 4 rings (SSSR count). The number of benzene rings is 2. The van der Waals surface area contributed by atoms with Crippen LogP contribution < -0.4 is 15.3 Å². The van der Waals surface area contributed by atoms with E-state index in [1.807, 2.05) is 12.2 Å². The van der Waals surface area contributed by atoms with Crippen LogP contribution in [-0.2, 0) is 14.4 Å². The van der Waals surface area contributed by atoms with Gasteiger partial charge in [0.05, 0.1) is 38.8 Å². The minimum Gasteiger partial charge on any atom is -0.277 e. The first kappa shape index (κ1) is 38.2. The fourth-order valence-electron chi connectivity index (χ4n) is 6.06. The van der Waals surface area contributed by atoms with Crippen LogP contribution in [0.2, 0.25) is 20.1 Å². The van der Waals surface area contributed by atoms with Crippen molar-refractivity contribution in [2.75, 3.05) is 9.91 Å². The van der Waals surface area contributed by atoms with Crippen LogP contribution in [0.15, 0.2) is 47.5 Å². The van der Waals surface area contributed by atoms with Crippen LogP contribution in [0.25, 0.3) is 0 Å². The summed E-state index contributed by atoms with van der Waals surface area (Å²) in [6.07, 6.45) is 20.5.